The number of phenols is 1. The summed E-state index contributed by atoms with van der Waals surface area (Å²) in [5.41, 5.74) is 0.400. The summed E-state index contributed by atoms with van der Waals surface area (Å²) in [6, 6.07) is 5.12. The first-order chi connectivity index (χ1) is 8.50. The van der Waals surface area contributed by atoms with E-state index in [2.05, 4.69) is 4.98 Å². The number of aromatic nitrogens is 1. The molecule has 0 aliphatic rings. The van der Waals surface area contributed by atoms with Crippen molar-refractivity contribution in [2.45, 2.75) is 18.7 Å². The molecule has 3 nitrogen and oxygen atoms in total. The molecular weight excluding hydrogens is 270 g/mol. The molecule has 1 atom stereocenters. The fourth-order valence-corrected chi connectivity index (χ4v) is 3.46. The largest absolute Gasteiger partial charge is 0.504 e. The first-order valence-electron chi connectivity index (χ1n) is 5.65. The maximum absolute atomic E-state index is 12.3. The summed E-state index contributed by atoms with van der Waals surface area (Å²) in [6.07, 6.45) is 1.58. The number of aromatic hydroxyl groups is 1. The number of benzene rings is 1. The van der Waals surface area contributed by atoms with Crippen molar-refractivity contribution in [1.82, 2.24) is 4.98 Å². The molecule has 18 heavy (non-hydrogen) atoms. The maximum atomic E-state index is 12.3. The van der Waals surface area contributed by atoms with Crippen molar-refractivity contribution in [1.29, 1.82) is 0 Å². The molecule has 1 aromatic heterocycles. The molecule has 1 aromatic carbocycles. The van der Waals surface area contributed by atoms with E-state index >= 15 is 0 Å². The number of hydrogen-bond acceptors (Lipinski definition) is 3. The maximum Gasteiger partial charge on any atom is 0.160 e. The molecule has 0 aliphatic carbocycles. The molecule has 0 saturated heterocycles. The molecule has 0 amide bonds. The van der Waals surface area contributed by atoms with Gasteiger partial charge in [0.1, 0.15) is 5.52 Å². The average Bonchev–Trinajstić information content (AvgIpc) is 2.33. The minimum atomic E-state index is -1.14. The predicted octanol–water partition coefficient (Wildman–Crippen LogP) is 3.36. The normalized spacial score (nSPS) is 13.1. The third-order valence-electron chi connectivity index (χ3n) is 2.51. The van der Waals surface area contributed by atoms with E-state index in [1.807, 2.05) is 13.8 Å². The van der Waals surface area contributed by atoms with Crippen molar-refractivity contribution in [3.8, 4) is 5.75 Å². The smallest absolute Gasteiger partial charge is 0.160 e. The molecule has 0 bridgehead atoms. The zero-order chi connectivity index (χ0) is 13.3. The molecule has 1 heterocycles. The third kappa shape index (κ3) is 2.49. The SMILES string of the molecule is CC(C)CS(=O)c1cc(Cl)c(O)c2ncccc12. The van der Waals surface area contributed by atoms with Crippen LogP contribution in [0.1, 0.15) is 13.8 Å². The number of halogens is 1. The van der Waals surface area contributed by atoms with Crippen molar-refractivity contribution < 1.29 is 9.32 Å². The van der Waals surface area contributed by atoms with Crippen LogP contribution in [-0.2, 0) is 10.8 Å². The van der Waals surface area contributed by atoms with Gasteiger partial charge in [-0.2, -0.15) is 0 Å². The monoisotopic (exact) mass is 283 g/mol. The Kier molecular flexibility index (Phi) is 3.88. The highest BCUT2D eigenvalue weighted by molar-refractivity contribution is 7.85. The molecule has 0 aliphatic heterocycles. The molecule has 0 saturated carbocycles. The van der Waals surface area contributed by atoms with Crippen LogP contribution in [-0.4, -0.2) is 20.1 Å². The van der Waals surface area contributed by atoms with Gasteiger partial charge in [-0.05, 0) is 24.1 Å². The molecule has 0 radical (unpaired) electrons. The minimum absolute atomic E-state index is 0.0578. The fourth-order valence-electron chi connectivity index (χ4n) is 1.75. The van der Waals surface area contributed by atoms with Gasteiger partial charge in [0.2, 0.25) is 0 Å². The second-order valence-electron chi connectivity index (χ2n) is 4.51. The Balaban J connectivity index is 2.64. The van der Waals surface area contributed by atoms with Crippen LogP contribution in [0.3, 0.4) is 0 Å². The highest BCUT2D eigenvalue weighted by Crippen LogP contribution is 2.35. The van der Waals surface area contributed by atoms with Crippen LogP contribution < -0.4 is 0 Å². The summed E-state index contributed by atoms with van der Waals surface area (Å²) in [5, 5.41) is 10.7. The van der Waals surface area contributed by atoms with E-state index in [0.29, 0.717) is 27.5 Å². The standard InChI is InChI=1S/C13H14ClNO2S/c1-8(2)7-18(17)11-6-10(14)13(16)12-9(11)4-3-5-15-12/h3-6,8,16H,7H2,1-2H3. The molecule has 2 aromatic rings. The van der Waals surface area contributed by atoms with Gasteiger partial charge in [-0.25, -0.2) is 0 Å². The zero-order valence-corrected chi connectivity index (χ0v) is 11.8. The van der Waals surface area contributed by atoms with Crippen molar-refractivity contribution in [3.63, 3.8) is 0 Å². The van der Waals surface area contributed by atoms with E-state index in [9.17, 15) is 9.32 Å². The van der Waals surface area contributed by atoms with Crippen molar-refractivity contribution in [2.75, 3.05) is 5.75 Å². The van der Waals surface area contributed by atoms with Crippen LogP contribution in [0, 0.1) is 5.92 Å². The van der Waals surface area contributed by atoms with E-state index in [1.165, 1.54) is 0 Å². The van der Waals surface area contributed by atoms with E-state index in [4.69, 9.17) is 11.6 Å². The topological polar surface area (TPSA) is 50.2 Å². The van der Waals surface area contributed by atoms with Crippen molar-refractivity contribution in [2.24, 2.45) is 5.92 Å². The van der Waals surface area contributed by atoms with Gasteiger partial charge in [0, 0.05) is 22.2 Å². The quantitative estimate of drug-likeness (QED) is 0.940. The molecule has 5 heteroatoms. The lowest BCUT2D eigenvalue weighted by Crippen LogP contribution is -2.05. The Morgan fingerprint density at radius 3 is 2.89 bits per heavy atom. The lowest BCUT2D eigenvalue weighted by Gasteiger charge is -2.10. The summed E-state index contributed by atoms with van der Waals surface area (Å²) in [7, 11) is -1.14. The first kappa shape index (κ1) is 13.3. The van der Waals surface area contributed by atoms with E-state index < -0.39 is 10.8 Å². The Hall–Kier alpha value is -1.13. The molecule has 1 N–H and O–H groups in total. The number of nitrogens with zero attached hydrogens (tertiary/aromatic N) is 1. The summed E-state index contributed by atoms with van der Waals surface area (Å²) >= 11 is 5.95. The number of rotatable bonds is 3. The van der Waals surface area contributed by atoms with Gasteiger partial charge >= 0.3 is 0 Å². The number of pyridine rings is 1. The average molecular weight is 284 g/mol. The van der Waals surface area contributed by atoms with Crippen LogP contribution in [0.2, 0.25) is 5.02 Å². The Bertz CT molecular complexity index is 613. The lowest BCUT2D eigenvalue weighted by molar-refractivity contribution is 0.480. The van der Waals surface area contributed by atoms with Gasteiger partial charge < -0.3 is 5.11 Å². The Labute approximate surface area is 113 Å². The summed E-state index contributed by atoms with van der Waals surface area (Å²) in [6.45, 7) is 4.03. The van der Waals surface area contributed by atoms with Gasteiger partial charge in [-0.3, -0.25) is 9.19 Å². The Morgan fingerprint density at radius 1 is 1.50 bits per heavy atom. The number of phenolic OH excluding ortho intramolecular Hbond substituents is 1. The highest BCUT2D eigenvalue weighted by atomic mass is 35.5. The summed E-state index contributed by atoms with van der Waals surface area (Å²) < 4.78 is 12.3. The van der Waals surface area contributed by atoms with E-state index in [1.54, 1.807) is 24.4 Å². The van der Waals surface area contributed by atoms with Crippen molar-refractivity contribution in [3.05, 3.63) is 29.4 Å². The van der Waals surface area contributed by atoms with Crippen LogP contribution in [0.4, 0.5) is 0 Å². The van der Waals surface area contributed by atoms with Gasteiger partial charge in [0.15, 0.2) is 5.75 Å². The predicted molar refractivity (Wildman–Crippen MR) is 74.5 cm³/mol. The third-order valence-corrected chi connectivity index (χ3v) is 4.60. The Morgan fingerprint density at radius 2 is 2.22 bits per heavy atom. The van der Waals surface area contributed by atoms with Gasteiger partial charge in [0.05, 0.1) is 15.8 Å². The second-order valence-corrected chi connectivity index (χ2v) is 6.38. The van der Waals surface area contributed by atoms with E-state index in [-0.39, 0.29) is 10.8 Å². The van der Waals surface area contributed by atoms with Crippen LogP contribution in [0.5, 0.6) is 5.75 Å². The van der Waals surface area contributed by atoms with Gasteiger partial charge in [-0.1, -0.05) is 25.4 Å². The molecule has 2 rings (SSSR count). The minimum Gasteiger partial charge on any atom is -0.504 e. The van der Waals surface area contributed by atoms with Crippen molar-refractivity contribution >= 4 is 33.3 Å². The number of hydrogen-bond donors (Lipinski definition) is 1. The highest BCUT2D eigenvalue weighted by Gasteiger charge is 2.16. The molecule has 1 unspecified atom stereocenters. The molecular formula is C13H14ClNO2S. The van der Waals surface area contributed by atoms with E-state index in [0.717, 1.165) is 0 Å². The van der Waals surface area contributed by atoms with Gasteiger partial charge in [0.25, 0.3) is 0 Å². The summed E-state index contributed by atoms with van der Waals surface area (Å²) in [5.74, 6) is 0.827. The van der Waals surface area contributed by atoms with Gasteiger partial charge in [-0.15, -0.1) is 0 Å². The molecule has 0 fully saturated rings. The first-order valence-corrected chi connectivity index (χ1v) is 7.35. The van der Waals surface area contributed by atoms with Crippen LogP contribution in [0.15, 0.2) is 29.3 Å². The summed E-state index contributed by atoms with van der Waals surface area (Å²) in [4.78, 5) is 4.73. The zero-order valence-electron chi connectivity index (χ0n) is 10.2. The number of fused-ring (bicyclic) bond motifs is 1. The van der Waals surface area contributed by atoms with Crippen LogP contribution in [0.25, 0.3) is 10.9 Å². The van der Waals surface area contributed by atoms with Crippen LogP contribution >= 0.6 is 11.6 Å². The molecule has 0 spiro atoms. The molecule has 96 valence electrons. The fraction of sp³-hybridized carbons (Fsp3) is 0.308. The lowest BCUT2D eigenvalue weighted by atomic mass is 10.2. The second kappa shape index (κ2) is 5.24.